The lowest BCUT2D eigenvalue weighted by Gasteiger charge is -2.25. The lowest BCUT2D eigenvalue weighted by atomic mass is 9.95. The maximum atomic E-state index is 13.5. The molecule has 0 spiro atoms. The average molecular weight is 409 g/mol. The van der Waals surface area contributed by atoms with Crippen LogP contribution in [0.5, 0.6) is 0 Å². The maximum Gasteiger partial charge on any atom is 0.262 e. The van der Waals surface area contributed by atoms with Crippen molar-refractivity contribution < 1.29 is 17.5 Å². The number of pyridine rings is 1. The molecule has 3 atom stereocenters. The van der Waals surface area contributed by atoms with Gasteiger partial charge < -0.3 is 14.6 Å². The largest absolute Gasteiger partial charge is 0.378 e. The molecular weight excluding hydrogens is 385 g/mol. The van der Waals surface area contributed by atoms with Gasteiger partial charge in [-0.25, -0.2) is 22.8 Å². The molecule has 0 bridgehead atoms. The highest BCUT2D eigenvalue weighted by atomic mass is 32.2. The second-order valence-corrected chi connectivity index (χ2v) is 9.37. The summed E-state index contributed by atoms with van der Waals surface area (Å²) in [7, 11) is -1.96. The van der Waals surface area contributed by atoms with E-state index >= 15 is 0 Å². The maximum absolute atomic E-state index is 13.5. The Bertz CT molecular complexity index is 958. The molecule has 4 rings (SSSR count). The molecule has 2 saturated heterocycles. The zero-order valence-electron chi connectivity index (χ0n) is 15.9. The van der Waals surface area contributed by atoms with Crippen LogP contribution in [-0.2, 0) is 21.8 Å². The number of anilines is 1. The standard InChI is InChI=1S/C18H24FN5O3S/c1-12-6-17(20-7-14(12)19)22-15-9-24(8-13(15)16-4-3-5-27-16)28(25,26)18-10-23(2)11-21-18/h6-7,10-11,13,15-16H,3-5,8-9H2,1-2H3,(H,20,22)/t13-,15-,16?/m1/s1. The Kier molecular flexibility index (Phi) is 5.11. The molecule has 0 aromatic carbocycles. The fraction of sp³-hybridized carbons (Fsp3) is 0.556. The molecule has 0 amide bonds. The van der Waals surface area contributed by atoms with Crippen molar-refractivity contribution in [2.24, 2.45) is 13.0 Å². The van der Waals surface area contributed by atoms with Crippen molar-refractivity contribution in [1.29, 1.82) is 0 Å². The summed E-state index contributed by atoms with van der Waals surface area (Å²) in [5.41, 5.74) is 0.488. The highest BCUT2D eigenvalue weighted by Crippen LogP contribution is 2.33. The summed E-state index contributed by atoms with van der Waals surface area (Å²) in [6.07, 6.45) is 6.01. The highest BCUT2D eigenvalue weighted by molar-refractivity contribution is 7.89. The molecule has 0 aliphatic carbocycles. The van der Waals surface area contributed by atoms with Crippen molar-refractivity contribution in [3.8, 4) is 0 Å². The van der Waals surface area contributed by atoms with Gasteiger partial charge in [-0.05, 0) is 31.4 Å². The third kappa shape index (κ3) is 3.63. The number of hydrogen-bond donors (Lipinski definition) is 1. The van der Waals surface area contributed by atoms with E-state index in [1.54, 1.807) is 24.6 Å². The topological polar surface area (TPSA) is 89.4 Å². The average Bonchev–Trinajstić information content (AvgIpc) is 3.38. The number of halogens is 1. The summed E-state index contributed by atoms with van der Waals surface area (Å²) in [5, 5.41) is 3.34. The van der Waals surface area contributed by atoms with E-state index in [2.05, 4.69) is 15.3 Å². The first-order chi connectivity index (χ1) is 13.3. The first kappa shape index (κ1) is 19.3. The predicted molar refractivity (Wildman–Crippen MR) is 101 cm³/mol. The van der Waals surface area contributed by atoms with Crippen molar-refractivity contribution >= 4 is 15.8 Å². The number of nitrogens with zero attached hydrogens (tertiary/aromatic N) is 4. The molecule has 1 N–H and O–H groups in total. The van der Waals surface area contributed by atoms with Crippen LogP contribution in [-0.4, -0.2) is 59.1 Å². The Balaban J connectivity index is 1.59. The van der Waals surface area contributed by atoms with Crippen LogP contribution in [0.15, 0.2) is 29.8 Å². The molecule has 2 aromatic heterocycles. The number of rotatable bonds is 5. The normalized spacial score (nSPS) is 26.0. The van der Waals surface area contributed by atoms with Crippen molar-refractivity contribution in [3.63, 3.8) is 0 Å². The van der Waals surface area contributed by atoms with E-state index in [9.17, 15) is 12.8 Å². The van der Waals surface area contributed by atoms with Crippen LogP contribution in [0.25, 0.3) is 0 Å². The second-order valence-electron chi connectivity index (χ2n) is 7.48. The van der Waals surface area contributed by atoms with Gasteiger partial charge in [0.25, 0.3) is 10.0 Å². The van der Waals surface area contributed by atoms with Gasteiger partial charge in [0.1, 0.15) is 11.6 Å². The fourth-order valence-electron chi connectivity index (χ4n) is 3.92. The predicted octanol–water partition coefficient (Wildman–Crippen LogP) is 1.54. The van der Waals surface area contributed by atoms with Crippen LogP contribution < -0.4 is 5.32 Å². The highest BCUT2D eigenvalue weighted by Gasteiger charge is 2.44. The Morgan fingerprint density at radius 2 is 2.14 bits per heavy atom. The lowest BCUT2D eigenvalue weighted by molar-refractivity contribution is 0.0651. The zero-order chi connectivity index (χ0) is 19.9. The number of nitrogens with one attached hydrogen (secondary N) is 1. The monoisotopic (exact) mass is 409 g/mol. The van der Waals surface area contributed by atoms with Crippen LogP contribution in [0, 0.1) is 18.7 Å². The summed E-state index contributed by atoms with van der Waals surface area (Å²) >= 11 is 0. The molecule has 1 unspecified atom stereocenters. The minimum atomic E-state index is -3.69. The molecule has 2 aliphatic heterocycles. The smallest absolute Gasteiger partial charge is 0.262 e. The minimum absolute atomic E-state index is 0.0111. The first-order valence-corrected chi connectivity index (χ1v) is 10.8. The molecule has 0 radical (unpaired) electrons. The summed E-state index contributed by atoms with van der Waals surface area (Å²) in [5.74, 6) is 0.143. The second kappa shape index (κ2) is 7.41. The molecular formula is C18H24FN5O3S. The summed E-state index contributed by atoms with van der Waals surface area (Å²) in [4.78, 5) is 8.11. The number of hydrogen-bond acceptors (Lipinski definition) is 6. The number of sulfonamides is 1. The molecule has 28 heavy (non-hydrogen) atoms. The van der Waals surface area contributed by atoms with Gasteiger partial charge in [-0.2, -0.15) is 4.31 Å². The molecule has 8 nitrogen and oxygen atoms in total. The van der Waals surface area contributed by atoms with E-state index in [4.69, 9.17) is 4.74 Å². The third-order valence-corrected chi connectivity index (χ3v) is 7.16. The van der Waals surface area contributed by atoms with E-state index in [1.165, 1.54) is 23.0 Å². The first-order valence-electron chi connectivity index (χ1n) is 9.33. The zero-order valence-corrected chi connectivity index (χ0v) is 16.7. The molecule has 2 fully saturated rings. The Morgan fingerprint density at radius 1 is 1.32 bits per heavy atom. The number of aryl methyl sites for hydroxylation is 2. The van der Waals surface area contributed by atoms with Crippen LogP contribution >= 0.6 is 0 Å². The summed E-state index contributed by atoms with van der Waals surface area (Å²) in [6, 6.07) is 1.46. The van der Waals surface area contributed by atoms with Gasteiger partial charge >= 0.3 is 0 Å². The van der Waals surface area contributed by atoms with E-state index in [0.717, 1.165) is 12.8 Å². The quantitative estimate of drug-likeness (QED) is 0.806. The van der Waals surface area contributed by atoms with Gasteiger partial charge in [-0.1, -0.05) is 0 Å². The van der Waals surface area contributed by atoms with E-state index < -0.39 is 10.0 Å². The van der Waals surface area contributed by atoms with Crippen molar-refractivity contribution in [2.75, 3.05) is 25.0 Å². The van der Waals surface area contributed by atoms with Gasteiger partial charge in [0.2, 0.25) is 0 Å². The molecule has 4 heterocycles. The number of ether oxygens (including phenoxy) is 1. The van der Waals surface area contributed by atoms with Gasteiger partial charge in [0.05, 0.1) is 18.6 Å². The Hall–Kier alpha value is -2.04. The van der Waals surface area contributed by atoms with Gasteiger partial charge in [0, 0.05) is 44.9 Å². The van der Waals surface area contributed by atoms with Crippen LogP contribution in [0.4, 0.5) is 10.2 Å². The molecule has 10 heteroatoms. The van der Waals surface area contributed by atoms with Crippen molar-refractivity contribution in [3.05, 3.63) is 36.2 Å². The van der Waals surface area contributed by atoms with Crippen molar-refractivity contribution in [1.82, 2.24) is 18.8 Å². The summed E-state index contributed by atoms with van der Waals surface area (Å²) in [6.45, 7) is 2.99. The SMILES string of the molecule is Cc1cc(N[C@@H]2CN(S(=O)(=O)c3cn(C)cn3)C[C@H]2C2CCCO2)ncc1F. The minimum Gasteiger partial charge on any atom is -0.378 e. The van der Waals surface area contributed by atoms with Crippen molar-refractivity contribution in [2.45, 2.75) is 36.9 Å². The van der Waals surface area contributed by atoms with Crippen LogP contribution in [0.3, 0.4) is 0 Å². The Morgan fingerprint density at radius 3 is 2.79 bits per heavy atom. The molecule has 152 valence electrons. The molecule has 2 aromatic rings. The van der Waals surface area contributed by atoms with Gasteiger partial charge in [-0.15, -0.1) is 0 Å². The Labute approximate surface area is 163 Å². The number of aromatic nitrogens is 3. The van der Waals surface area contributed by atoms with Crippen LogP contribution in [0.1, 0.15) is 18.4 Å². The summed E-state index contributed by atoms with van der Waals surface area (Å²) < 4.78 is 48.5. The van der Waals surface area contributed by atoms with Gasteiger partial charge in [0.15, 0.2) is 5.03 Å². The molecule has 2 aliphatic rings. The van der Waals surface area contributed by atoms with E-state index in [-0.39, 0.29) is 35.5 Å². The van der Waals surface area contributed by atoms with Gasteiger partial charge in [-0.3, -0.25) is 0 Å². The molecule has 0 saturated carbocycles. The fourth-order valence-corrected chi connectivity index (χ4v) is 5.39. The number of imidazole rings is 1. The lowest BCUT2D eigenvalue weighted by Crippen LogP contribution is -2.36. The third-order valence-electron chi connectivity index (χ3n) is 5.44. The van der Waals surface area contributed by atoms with E-state index in [1.807, 2.05) is 0 Å². The van der Waals surface area contributed by atoms with E-state index in [0.29, 0.717) is 24.5 Å². The van der Waals surface area contributed by atoms with Crippen LogP contribution in [0.2, 0.25) is 0 Å².